The van der Waals surface area contributed by atoms with Gasteiger partial charge in [0.25, 0.3) is 0 Å². The summed E-state index contributed by atoms with van der Waals surface area (Å²) in [5.74, 6) is 0.152. The normalized spacial score (nSPS) is 12.8. The summed E-state index contributed by atoms with van der Waals surface area (Å²) < 4.78 is 15.0. The van der Waals surface area contributed by atoms with Crippen LogP contribution in [0.1, 0.15) is 18.1 Å². The van der Waals surface area contributed by atoms with Crippen LogP contribution in [0.2, 0.25) is 10.0 Å². The number of imidazole rings is 1. The molecule has 108 valence electrons. The SMILES string of the molecule is CC(Cl)c1nc2cc(Cl)cnc2n1-c1ccc(F)cc1Cl. The summed E-state index contributed by atoms with van der Waals surface area (Å²) in [7, 11) is 0. The Balaban J connectivity index is 2.36. The smallest absolute Gasteiger partial charge is 0.164 e. The van der Waals surface area contributed by atoms with E-state index in [4.69, 9.17) is 34.8 Å². The molecule has 0 bridgehead atoms. The van der Waals surface area contributed by atoms with Crippen molar-refractivity contribution in [3.05, 3.63) is 52.1 Å². The Labute approximate surface area is 135 Å². The van der Waals surface area contributed by atoms with E-state index in [2.05, 4.69) is 9.97 Å². The minimum atomic E-state index is -0.412. The first kappa shape index (κ1) is 14.6. The fourth-order valence-electron chi connectivity index (χ4n) is 2.12. The summed E-state index contributed by atoms with van der Waals surface area (Å²) in [4.78, 5) is 8.73. The molecule has 2 aromatic heterocycles. The van der Waals surface area contributed by atoms with Crippen molar-refractivity contribution in [3.63, 3.8) is 0 Å². The van der Waals surface area contributed by atoms with Crippen molar-refractivity contribution in [2.24, 2.45) is 0 Å². The molecule has 0 amide bonds. The van der Waals surface area contributed by atoms with Gasteiger partial charge in [0.1, 0.15) is 17.2 Å². The molecule has 3 nitrogen and oxygen atoms in total. The van der Waals surface area contributed by atoms with Gasteiger partial charge in [0.2, 0.25) is 0 Å². The van der Waals surface area contributed by atoms with Crippen LogP contribution >= 0.6 is 34.8 Å². The molecule has 2 heterocycles. The predicted molar refractivity (Wildman–Crippen MR) is 83.1 cm³/mol. The number of halogens is 4. The molecule has 0 fully saturated rings. The molecule has 3 aromatic rings. The lowest BCUT2D eigenvalue weighted by atomic mass is 10.3. The highest BCUT2D eigenvalue weighted by Gasteiger charge is 2.19. The third-order valence-electron chi connectivity index (χ3n) is 3.00. The Morgan fingerprint density at radius 3 is 2.67 bits per heavy atom. The number of fused-ring (bicyclic) bond motifs is 1. The first-order valence-corrected chi connectivity index (χ1v) is 7.30. The number of hydrogen-bond donors (Lipinski definition) is 0. The van der Waals surface area contributed by atoms with E-state index < -0.39 is 5.82 Å². The number of nitrogens with zero attached hydrogens (tertiary/aromatic N) is 3. The summed E-state index contributed by atoms with van der Waals surface area (Å²) in [6.07, 6.45) is 1.52. The number of pyridine rings is 1. The van der Waals surface area contributed by atoms with Crippen LogP contribution in [0.3, 0.4) is 0 Å². The van der Waals surface area contributed by atoms with E-state index in [0.717, 1.165) is 0 Å². The van der Waals surface area contributed by atoms with Crippen LogP contribution in [0.4, 0.5) is 4.39 Å². The van der Waals surface area contributed by atoms with Crippen molar-refractivity contribution in [1.82, 2.24) is 14.5 Å². The van der Waals surface area contributed by atoms with Gasteiger partial charge in [-0.2, -0.15) is 0 Å². The summed E-state index contributed by atoms with van der Waals surface area (Å²) in [5.41, 5.74) is 1.73. The zero-order valence-electron chi connectivity index (χ0n) is 10.8. The monoisotopic (exact) mass is 343 g/mol. The second-order valence-corrected chi connectivity index (χ2v) is 6.01. The minimum Gasteiger partial charge on any atom is -0.278 e. The van der Waals surface area contributed by atoms with Crippen LogP contribution in [-0.4, -0.2) is 14.5 Å². The maximum absolute atomic E-state index is 13.2. The summed E-state index contributed by atoms with van der Waals surface area (Å²) >= 11 is 18.3. The van der Waals surface area contributed by atoms with Crippen LogP contribution < -0.4 is 0 Å². The van der Waals surface area contributed by atoms with Gasteiger partial charge in [-0.3, -0.25) is 4.57 Å². The van der Waals surface area contributed by atoms with Crippen molar-refractivity contribution >= 4 is 46.0 Å². The minimum absolute atomic E-state index is 0.254. The number of rotatable bonds is 2. The molecule has 0 saturated heterocycles. The van der Waals surface area contributed by atoms with Gasteiger partial charge in [-0.1, -0.05) is 23.2 Å². The molecule has 1 atom stereocenters. The molecule has 1 aromatic carbocycles. The van der Waals surface area contributed by atoms with Gasteiger partial charge >= 0.3 is 0 Å². The van der Waals surface area contributed by atoms with Crippen LogP contribution in [0.5, 0.6) is 0 Å². The molecule has 0 radical (unpaired) electrons. The lowest BCUT2D eigenvalue weighted by Crippen LogP contribution is -2.03. The van der Waals surface area contributed by atoms with Crippen LogP contribution in [0, 0.1) is 5.82 Å². The standard InChI is InChI=1S/C14H9Cl3FN3/c1-7(15)13-20-11-4-8(16)6-19-14(11)21(13)12-3-2-9(18)5-10(12)17/h2-7H,1H3. The fraction of sp³-hybridized carbons (Fsp3) is 0.143. The van der Waals surface area contributed by atoms with E-state index in [9.17, 15) is 4.39 Å². The Hall–Kier alpha value is -1.36. The van der Waals surface area contributed by atoms with Gasteiger partial charge in [-0.05, 0) is 31.2 Å². The maximum Gasteiger partial charge on any atom is 0.164 e. The number of alkyl halides is 1. The topological polar surface area (TPSA) is 30.7 Å². The average Bonchev–Trinajstić information content (AvgIpc) is 2.77. The van der Waals surface area contributed by atoms with Gasteiger partial charge in [0.15, 0.2) is 5.65 Å². The molecule has 0 N–H and O–H groups in total. The highest BCUT2D eigenvalue weighted by Crippen LogP contribution is 2.31. The van der Waals surface area contributed by atoms with Gasteiger partial charge in [0.05, 0.1) is 21.1 Å². The lowest BCUT2D eigenvalue weighted by Gasteiger charge is -2.11. The molecule has 1 unspecified atom stereocenters. The molecule has 0 saturated carbocycles. The first-order valence-electron chi connectivity index (χ1n) is 6.11. The van der Waals surface area contributed by atoms with Gasteiger partial charge in [-0.15, -0.1) is 11.6 Å². The number of benzene rings is 1. The average molecular weight is 345 g/mol. The molecule has 0 aliphatic heterocycles. The zero-order valence-corrected chi connectivity index (χ0v) is 13.1. The summed E-state index contributed by atoms with van der Waals surface area (Å²) in [6.45, 7) is 1.79. The highest BCUT2D eigenvalue weighted by atomic mass is 35.5. The van der Waals surface area contributed by atoms with Crippen molar-refractivity contribution in [2.75, 3.05) is 0 Å². The number of hydrogen-bond acceptors (Lipinski definition) is 2. The second kappa shape index (κ2) is 5.44. The van der Waals surface area contributed by atoms with Crippen molar-refractivity contribution in [2.45, 2.75) is 12.3 Å². The van der Waals surface area contributed by atoms with Gasteiger partial charge < -0.3 is 0 Å². The van der Waals surface area contributed by atoms with E-state index in [1.165, 1.54) is 18.3 Å². The molecular formula is C14H9Cl3FN3. The molecule has 3 rings (SSSR count). The first-order chi connectivity index (χ1) is 9.97. The Bertz CT molecular complexity index is 830. The fourth-order valence-corrected chi connectivity index (χ4v) is 2.68. The van der Waals surface area contributed by atoms with Crippen LogP contribution in [-0.2, 0) is 0 Å². The quantitative estimate of drug-likeness (QED) is 0.601. The molecule has 0 aliphatic rings. The van der Waals surface area contributed by atoms with Gasteiger partial charge in [0, 0.05) is 6.20 Å². The second-order valence-electron chi connectivity index (χ2n) is 4.51. The molecular weight excluding hydrogens is 336 g/mol. The Kier molecular flexibility index (Phi) is 3.78. The molecule has 7 heteroatoms. The Morgan fingerprint density at radius 1 is 1.24 bits per heavy atom. The lowest BCUT2D eigenvalue weighted by molar-refractivity contribution is 0.627. The van der Waals surface area contributed by atoms with Gasteiger partial charge in [-0.25, -0.2) is 14.4 Å². The largest absolute Gasteiger partial charge is 0.278 e. The van der Waals surface area contributed by atoms with Crippen LogP contribution in [0.25, 0.3) is 16.9 Å². The van der Waals surface area contributed by atoms with E-state index in [1.807, 2.05) is 0 Å². The highest BCUT2D eigenvalue weighted by molar-refractivity contribution is 6.32. The number of aromatic nitrogens is 3. The van der Waals surface area contributed by atoms with E-state index in [0.29, 0.717) is 27.7 Å². The van der Waals surface area contributed by atoms with Crippen molar-refractivity contribution < 1.29 is 4.39 Å². The molecule has 0 spiro atoms. The Morgan fingerprint density at radius 2 is 2.00 bits per heavy atom. The predicted octanol–water partition coefficient (Wildman–Crippen LogP) is 5.17. The molecule has 21 heavy (non-hydrogen) atoms. The third kappa shape index (κ3) is 2.59. The maximum atomic E-state index is 13.2. The van der Waals surface area contributed by atoms with E-state index in [-0.39, 0.29) is 10.4 Å². The van der Waals surface area contributed by atoms with E-state index >= 15 is 0 Å². The van der Waals surface area contributed by atoms with Crippen molar-refractivity contribution in [3.8, 4) is 5.69 Å². The van der Waals surface area contributed by atoms with Crippen LogP contribution in [0.15, 0.2) is 30.5 Å². The molecule has 0 aliphatic carbocycles. The summed E-state index contributed by atoms with van der Waals surface area (Å²) in [6, 6.07) is 5.82. The van der Waals surface area contributed by atoms with Crippen molar-refractivity contribution in [1.29, 1.82) is 0 Å². The third-order valence-corrected chi connectivity index (χ3v) is 3.70. The zero-order chi connectivity index (χ0) is 15.1. The van der Waals surface area contributed by atoms with E-state index in [1.54, 1.807) is 23.6 Å². The summed E-state index contributed by atoms with van der Waals surface area (Å²) in [5, 5.41) is 0.356.